The van der Waals surface area contributed by atoms with E-state index in [4.69, 9.17) is 5.73 Å². The lowest BCUT2D eigenvalue weighted by atomic mass is 10.3. The fourth-order valence-corrected chi connectivity index (χ4v) is 2.21. The monoisotopic (exact) mass is 232 g/mol. The van der Waals surface area contributed by atoms with E-state index in [0.29, 0.717) is 12.6 Å². The molecule has 2 saturated carbocycles. The van der Waals surface area contributed by atoms with Gasteiger partial charge < -0.3 is 10.6 Å². The zero-order chi connectivity index (χ0) is 11.8. The van der Waals surface area contributed by atoms with Gasteiger partial charge in [-0.3, -0.25) is 0 Å². The van der Waals surface area contributed by atoms with Gasteiger partial charge in [-0.05, 0) is 44.6 Å². The van der Waals surface area contributed by atoms with E-state index in [1.54, 1.807) is 0 Å². The Hall–Kier alpha value is -1.16. The van der Waals surface area contributed by atoms with Crippen LogP contribution in [0.15, 0.2) is 6.07 Å². The molecule has 2 aliphatic rings. The first-order chi connectivity index (χ1) is 8.26. The van der Waals surface area contributed by atoms with Crippen LogP contribution in [0, 0.1) is 12.8 Å². The Balaban J connectivity index is 1.85. The molecule has 2 fully saturated rings. The van der Waals surface area contributed by atoms with Crippen LogP contribution < -0.4 is 10.6 Å². The van der Waals surface area contributed by atoms with E-state index in [0.717, 1.165) is 29.8 Å². The highest BCUT2D eigenvalue weighted by Gasteiger charge is 2.35. The molecule has 17 heavy (non-hydrogen) atoms. The van der Waals surface area contributed by atoms with E-state index in [1.807, 2.05) is 13.0 Å². The first-order valence-corrected chi connectivity index (χ1v) is 6.57. The Bertz CT molecular complexity index is 410. The first kappa shape index (κ1) is 11.0. The highest BCUT2D eigenvalue weighted by Crippen LogP contribution is 2.36. The summed E-state index contributed by atoms with van der Waals surface area (Å²) in [6.45, 7) is 3.66. The fourth-order valence-electron chi connectivity index (χ4n) is 2.21. The van der Waals surface area contributed by atoms with Crippen LogP contribution in [0.5, 0.6) is 0 Å². The summed E-state index contributed by atoms with van der Waals surface area (Å²) in [5.41, 5.74) is 7.66. The molecule has 0 aromatic carbocycles. The molecule has 0 aliphatic heterocycles. The summed E-state index contributed by atoms with van der Waals surface area (Å²) in [4.78, 5) is 11.6. The van der Waals surface area contributed by atoms with E-state index >= 15 is 0 Å². The van der Waals surface area contributed by atoms with Gasteiger partial charge in [-0.1, -0.05) is 0 Å². The number of nitrogens with zero attached hydrogens (tertiary/aromatic N) is 3. The fraction of sp³-hybridized carbons (Fsp3) is 0.692. The average Bonchev–Trinajstić information content (AvgIpc) is 3.16. The number of aryl methyl sites for hydroxylation is 1. The van der Waals surface area contributed by atoms with Crippen LogP contribution in [-0.4, -0.2) is 22.6 Å². The SMILES string of the molecule is Cc1cc(CN)nc(N(CC2CC2)C2CC2)n1. The number of rotatable bonds is 5. The van der Waals surface area contributed by atoms with Gasteiger partial charge in [0, 0.05) is 24.8 Å². The maximum Gasteiger partial charge on any atom is 0.226 e. The zero-order valence-corrected chi connectivity index (χ0v) is 10.4. The van der Waals surface area contributed by atoms with E-state index < -0.39 is 0 Å². The van der Waals surface area contributed by atoms with Crippen molar-refractivity contribution in [2.24, 2.45) is 11.7 Å². The highest BCUT2D eigenvalue weighted by molar-refractivity contribution is 5.36. The van der Waals surface area contributed by atoms with Gasteiger partial charge >= 0.3 is 0 Å². The largest absolute Gasteiger partial charge is 0.338 e. The van der Waals surface area contributed by atoms with Gasteiger partial charge in [0.05, 0.1) is 5.69 Å². The van der Waals surface area contributed by atoms with Gasteiger partial charge in [0.25, 0.3) is 0 Å². The summed E-state index contributed by atoms with van der Waals surface area (Å²) < 4.78 is 0. The van der Waals surface area contributed by atoms with Crippen molar-refractivity contribution in [2.75, 3.05) is 11.4 Å². The summed E-state index contributed by atoms with van der Waals surface area (Å²) in [6, 6.07) is 2.66. The normalized spacial score (nSPS) is 19.4. The Morgan fingerprint density at radius 3 is 2.65 bits per heavy atom. The van der Waals surface area contributed by atoms with Gasteiger partial charge in [-0.25, -0.2) is 9.97 Å². The Labute approximate surface area is 102 Å². The lowest BCUT2D eigenvalue weighted by molar-refractivity contribution is 0.691. The minimum atomic E-state index is 0.498. The van der Waals surface area contributed by atoms with E-state index in [1.165, 1.54) is 25.7 Å². The topological polar surface area (TPSA) is 55.0 Å². The maximum atomic E-state index is 5.68. The molecule has 1 aromatic heterocycles. The molecule has 2 N–H and O–H groups in total. The van der Waals surface area contributed by atoms with Crippen LogP contribution in [0.2, 0.25) is 0 Å². The minimum absolute atomic E-state index is 0.498. The highest BCUT2D eigenvalue weighted by atomic mass is 15.3. The molecule has 0 bridgehead atoms. The smallest absolute Gasteiger partial charge is 0.226 e. The number of hydrogen-bond donors (Lipinski definition) is 1. The maximum absolute atomic E-state index is 5.68. The lowest BCUT2D eigenvalue weighted by Crippen LogP contribution is -2.30. The summed E-state index contributed by atoms with van der Waals surface area (Å²) >= 11 is 0. The summed E-state index contributed by atoms with van der Waals surface area (Å²) in [5, 5.41) is 0. The van der Waals surface area contributed by atoms with E-state index in [9.17, 15) is 0 Å². The van der Waals surface area contributed by atoms with Crippen molar-refractivity contribution in [2.45, 2.75) is 45.2 Å². The van der Waals surface area contributed by atoms with Crippen LogP contribution in [0.25, 0.3) is 0 Å². The number of anilines is 1. The van der Waals surface area contributed by atoms with Crippen LogP contribution >= 0.6 is 0 Å². The average molecular weight is 232 g/mol. The molecule has 0 spiro atoms. The number of nitrogens with two attached hydrogens (primary N) is 1. The molecule has 0 saturated heterocycles. The Morgan fingerprint density at radius 2 is 2.06 bits per heavy atom. The van der Waals surface area contributed by atoms with Gasteiger partial charge in [0.1, 0.15) is 0 Å². The first-order valence-electron chi connectivity index (χ1n) is 6.57. The lowest BCUT2D eigenvalue weighted by Gasteiger charge is -2.23. The second kappa shape index (κ2) is 4.26. The molecule has 0 unspecified atom stereocenters. The van der Waals surface area contributed by atoms with E-state index in [2.05, 4.69) is 14.9 Å². The van der Waals surface area contributed by atoms with Gasteiger partial charge in [0.15, 0.2) is 0 Å². The third kappa shape index (κ3) is 2.57. The van der Waals surface area contributed by atoms with Crippen molar-refractivity contribution in [3.05, 3.63) is 17.5 Å². The molecule has 0 amide bonds. The predicted octanol–water partition coefficient (Wildman–Crippen LogP) is 1.62. The molecule has 0 radical (unpaired) electrons. The van der Waals surface area contributed by atoms with Crippen LogP contribution in [-0.2, 0) is 6.54 Å². The third-order valence-electron chi connectivity index (χ3n) is 3.50. The van der Waals surface area contributed by atoms with Crippen molar-refractivity contribution in [3.63, 3.8) is 0 Å². The van der Waals surface area contributed by atoms with Crippen molar-refractivity contribution in [3.8, 4) is 0 Å². The minimum Gasteiger partial charge on any atom is -0.338 e. The second-order valence-electron chi connectivity index (χ2n) is 5.33. The van der Waals surface area contributed by atoms with Gasteiger partial charge in [0.2, 0.25) is 5.95 Å². The molecular formula is C13H20N4. The van der Waals surface area contributed by atoms with Crippen LogP contribution in [0.4, 0.5) is 5.95 Å². The van der Waals surface area contributed by atoms with Crippen LogP contribution in [0.1, 0.15) is 37.1 Å². The second-order valence-corrected chi connectivity index (χ2v) is 5.33. The summed E-state index contributed by atoms with van der Waals surface area (Å²) in [6.07, 6.45) is 5.33. The van der Waals surface area contributed by atoms with E-state index in [-0.39, 0.29) is 0 Å². The van der Waals surface area contributed by atoms with Crippen molar-refractivity contribution in [1.82, 2.24) is 9.97 Å². The Kier molecular flexibility index (Phi) is 2.74. The van der Waals surface area contributed by atoms with Crippen molar-refractivity contribution >= 4 is 5.95 Å². The van der Waals surface area contributed by atoms with Crippen molar-refractivity contribution < 1.29 is 0 Å². The van der Waals surface area contributed by atoms with Crippen LogP contribution in [0.3, 0.4) is 0 Å². The van der Waals surface area contributed by atoms with Crippen molar-refractivity contribution in [1.29, 1.82) is 0 Å². The summed E-state index contributed by atoms with van der Waals surface area (Å²) in [7, 11) is 0. The standard InChI is InChI=1S/C13H20N4/c1-9-6-11(7-14)16-13(15-9)17(12-4-5-12)8-10-2-3-10/h6,10,12H,2-5,7-8,14H2,1H3. The quantitative estimate of drug-likeness (QED) is 0.838. The number of hydrogen-bond acceptors (Lipinski definition) is 4. The molecule has 4 heteroatoms. The molecule has 2 aliphatic carbocycles. The van der Waals surface area contributed by atoms with Gasteiger partial charge in [-0.2, -0.15) is 0 Å². The molecule has 92 valence electrons. The molecule has 3 rings (SSSR count). The summed E-state index contributed by atoms with van der Waals surface area (Å²) in [5.74, 6) is 1.78. The molecule has 1 heterocycles. The third-order valence-corrected chi connectivity index (χ3v) is 3.50. The molecule has 0 atom stereocenters. The van der Waals surface area contributed by atoms with Gasteiger partial charge in [-0.15, -0.1) is 0 Å². The molecular weight excluding hydrogens is 212 g/mol. The Morgan fingerprint density at radius 1 is 1.29 bits per heavy atom. The zero-order valence-electron chi connectivity index (χ0n) is 10.4. The molecule has 1 aromatic rings. The number of aromatic nitrogens is 2. The predicted molar refractivity (Wildman–Crippen MR) is 67.8 cm³/mol. The molecule has 4 nitrogen and oxygen atoms in total.